The average Bonchev–Trinajstić information content (AvgIpc) is 2.75. The van der Waals surface area contributed by atoms with Crippen LogP contribution in [0.1, 0.15) is 25.3 Å². The van der Waals surface area contributed by atoms with Crippen LogP contribution in [0.25, 0.3) is 10.8 Å². The molecule has 1 heterocycles. The maximum atomic E-state index is 11.7. The van der Waals surface area contributed by atoms with Crippen LogP contribution in [0, 0.1) is 5.92 Å². The standard InChI is InChI=1S/C22H29N3O3.HI/c1-4-23-22(25-11-9-17(10-12-25)21(26)28-3)24-15-16-5-6-19-14-20(27-2)8-7-18(19)13-16;/h5-8,13-14,17H,4,9-12,15H2,1-3H3,(H,23,24);1H. The molecule has 1 N–H and O–H groups in total. The summed E-state index contributed by atoms with van der Waals surface area (Å²) in [6.45, 7) is 5.11. The minimum atomic E-state index is -0.102. The van der Waals surface area contributed by atoms with E-state index in [9.17, 15) is 4.79 Å². The number of piperidine rings is 1. The summed E-state index contributed by atoms with van der Waals surface area (Å²) < 4.78 is 10.2. The lowest BCUT2D eigenvalue weighted by atomic mass is 9.97. The van der Waals surface area contributed by atoms with Crippen molar-refractivity contribution < 1.29 is 14.3 Å². The highest BCUT2D eigenvalue weighted by molar-refractivity contribution is 14.0. The molecule has 2 aromatic carbocycles. The highest BCUT2D eigenvalue weighted by Gasteiger charge is 2.26. The van der Waals surface area contributed by atoms with Crippen LogP contribution >= 0.6 is 24.0 Å². The third kappa shape index (κ3) is 5.98. The second-order valence-corrected chi connectivity index (χ2v) is 7.00. The number of benzene rings is 2. The van der Waals surface area contributed by atoms with Gasteiger partial charge >= 0.3 is 5.97 Å². The van der Waals surface area contributed by atoms with Gasteiger partial charge in [-0.3, -0.25) is 4.79 Å². The number of nitrogens with one attached hydrogen (secondary N) is 1. The Morgan fingerprint density at radius 3 is 2.48 bits per heavy atom. The first-order valence-corrected chi connectivity index (χ1v) is 9.82. The summed E-state index contributed by atoms with van der Waals surface area (Å²) in [7, 11) is 3.14. The molecule has 29 heavy (non-hydrogen) atoms. The number of ether oxygens (including phenoxy) is 2. The number of likely N-dealkylation sites (tertiary alicyclic amines) is 1. The molecule has 1 saturated heterocycles. The summed E-state index contributed by atoms with van der Waals surface area (Å²) >= 11 is 0. The quantitative estimate of drug-likeness (QED) is 0.286. The zero-order valence-electron chi connectivity index (χ0n) is 17.3. The van der Waals surface area contributed by atoms with Gasteiger partial charge in [0.05, 0.1) is 26.7 Å². The normalized spacial score (nSPS) is 15.0. The number of methoxy groups -OCH3 is 2. The molecule has 0 radical (unpaired) electrons. The summed E-state index contributed by atoms with van der Waals surface area (Å²) in [6.07, 6.45) is 1.60. The Labute approximate surface area is 189 Å². The third-order valence-corrected chi connectivity index (χ3v) is 5.19. The number of esters is 1. The molecule has 1 aliphatic heterocycles. The predicted molar refractivity (Wildman–Crippen MR) is 127 cm³/mol. The number of carbonyl (C=O) groups excluding carboxylic acids is 1. The molecule has 0 aromatic heterocycles. The number of hydrogen-bond acceptors (Lipinski definition) is 4. The van der Waals surface area contributed by atoms with E-state index in [2.05, 4.69) is 41.4 Å². The summed E-state index contributed by atoms with van der Waals surface area (Å²) in [4.78, 5) is 18.8. The topological polar surface area (TPSA) is 63.2 Å². The van der Waals surface area contributed by atoms with E-state index in [0.717, 1.165) is 55.1 Å². The van der Waals surface area contributed by atoms with Crippen molar-refractivity contribution in [2.24, 2.45) is 10.9 Å². The second-order valence-electron chi connectivity index (χ2n) is 7.00. The molecule has 158 valence electrons. The molecule has 0 aliphatic carbocycles. The van der Waals surface area contributed by atoms with Gasteiger partial charge < -0.3 is 19.7 Å². The van der Waals surface area contributed by atoms with E-state index in [1.54, 1.807) is 7.11 Å². The number of fused-ring (bicyclic) bond motifs is 1. The Bertz CT molecular complexity index is 848. The number of halogens is 1. The molecule has 0 unspecified atom stereocenters. The van der Waals surface area contributed by atoms with Gasteiger partial charge in [-0.1, -0.05) is 18.2 Å². The Morgan fingerprint density at radius 2 is 1.83 bits per heavy atom. The minimum Gasteiger partial charge on any atom is -0.497 e. The van der Waals surface area contributed by atoms with Crippen molar-refractivity contribution >= 4 is 46.7 Å². The van der Waals surface area contributed by atoms with Crippen molar-refractivity contribution in [1.82, 2.24) is 10.2 Å². The molecule has 0 amide bonds. The molecule has 7 heteroatoms. The number of nitrogens with zero attached hydrogens (tertiary/aromatic N) is 2. The van der Waals surface area contributed by atoms with Crippen molar-refractivity contribution in [3.63, 3.8) is 0 Å². The van der Waals surface area contributed by atoms with Gasteiger partial charge in [-0.25, -0.2) is 4.99 Å². The molecular weight excluding hydrogens is 481 g/mol. The fraction of sp³-hybridized carbons (Fsp3) is 0.455. The lowest BCUT2D eigenvalue weighted by molar-refractivity contribution is -0.146. The van der Waals surface area contributed by atoms with Gasteiger partial charge in [0.15, 0.2) is 5.96 Å². The fourth-order valence-corrected chi connectivity index (χ4v) is 3.58. The number of guanidine groups is 1. The van der Waals surface area contributed by atoms with Crippen LogP contribution in [0.4, 0.5) is 0 Å². The van der Waals surface area contributed by atoms with Gasteiger partial charge in [0.1, 0.15) is 5.75 Å². The van der Waals surface area contributed by atoms with Crippen molar-refractivity contribution in [3.05, 3.63) is 42.0 Å². The van der Waals surface area contributed by atoms with Crippen LogP contribution in [-0.4, -0.2) is 50.7 Å². The van der Waals surface area contributed by atoms with E-state index in [1.165, 1.54) is 12.5 Å². The molecule has 0 atom stereocenters. The summed E-state index contributed by atoms with van der Waals surface area (Å²) in [5, 5.41) is 5.71. The Kier molecular flexibility index (Phi) is 9.00. The van der Waals surface area contributed by atoms with E-state index in [4.69, 9.17) is 14.5 Å². The minimum absolute atomic E-state index is 0. The van der Waals surface area contributed by atoms with E-state index in [-0.39, 0.29) is 35.9 Å². The van der Waals surface area contributed by atoms with Crippen molar-refractivity contribution in [2.75, 3.05) is 33.9 Å². The van der Waals surface area contributed by atoms with Crippen LogP contribution in [0.15, 0.2) is 41.4 Å². The van der Waals surface area contributed by atoms with E-state index < -0.39 is 0 Å². The van der Waals surface area contributed by atoms with E-state index in [0.29, 0.717) is 6.54 Å². The molecule has 3 rings (SSSR count). The third-order valence-electron chi connectivity index (χ3n) is 5.19. The van der Waals surface area contributed by atoms with Crippen LogP contribution in [0.3, 0.4) is 0 Å². The first-order valence-electron chi connectivity index (χ1n) is 9.82. The molecule has 0 saturated carbocycles. The van der Waals surface area contributed by atoms with Crippen molar-refractivity contribution in [3.8, 4) is 5.75 Å². The number of rotatable bonds is 5. The van der Waals surface area contributed by atoms with Gasteiger partial charge in [0.2, 0.25) is 0 Å². The predicted octanol–water partition coefficient (Wildman–Crippen LogP) is 3.82. The zero-order valence-corrected chi connectivity index (χ0v) is 19.6. The Balaban J connectivity index is 0.00000300. The van der Waals surface area contributed by atoms with Crippen LogP contribution in [-0.2, 0) is 16.1 Å². The summed E-state index contributed by atoms with van der Waals surface area (Å²) in [6, 6.07) is 12.5. The summed E-state index contributed by atoms with van der Waals surface area (Å²) in [5.41, 5.74) is 1.16. The Hall–Kier alpha value is -2.03. The number of aliphatic imine (C=N–C) groups is 1. The lowest BCUT2D eigenvalue weighted by Crippen LogP contribution is -2.46. The van der Waals surface area contributed by atoms with Gasteiger partial charge in [-0.15, -0.1) is 24.0 Å². The van der Waals surface area contributed by atoms with Crippen molar-refractivity contribution in [2.45, 2.75) is 26.3 Å². The van der Waals surface area contributed by atoms with E-state index >= 15 is 0 Å². The highest BCUT2D eigenvalue weighted by atomic mass is 127. The highest BCUT2D eigenvalue weighted by Crippen LogP contribution is 2.22. The lowest BCUT2D eigenvalue weighted by Gasteiger charge is -2.33. The van der Waals surface area contributed by atoms with Crippen LogP contribution in [0.5, 0.6) is 5.75 Å². The Morgan fingerprint density at radius 1 is 1.14 bits per heavy atom. The fourth-order valence-electron chi connectivity index (χ4n) is 3.58. The number of hydrogen-bond donors (Lipinski definition) is 1. The van der Waals surface area contributed by atoms with E-state index in [1.807, 2.05) is 12.1 Å². The monoisotopic (exact) mass is 511 g/mol. The molecule has 1 aliphatic rings. The maximum Gasteiger partial charge on any atom is 0.308 e. The molecule has 0 bridgehead atoms. The average molecular weight is 511 g/mol. The van der Waals surface area contributed by atoms with Crippen LogP contribution < -0.4 is 10.1 Å². The molecule has 0 spiro atoms. The van der Waals surface area contributed by atoms with Gasteiger partial charge in [-0.2, -0.15) is 0 Å². The largest absolute Gasteiger partial charge is 0.497 e. The maximum absolute atomic E-state index is 11.7. The van der Waals surface area contributed by atoms with Crippen molar-refractivity contribution in [1.29, 1.82) is 0 Å². The second kappa shape index (κ2) is 11.2. The van der Waals surface area contributed by atoms with Gasteiger partial charge in [-0.05, 0) is 54.3 Å². The first kappa shape index (κ1) is 23.3. The smallest absolute Gasteiger partial charge is 0.308 e. The van der Waals surface area contributed by atoms with Gasteiger partial charge in [0, 0.05) is 19.6 Å². The van der Waals surface area contributed by atoms with Crippen LogP contribution in [0.2, 0.25) is 0 Å². The van der Waals surface area contributed by atoms with Gasteiger partial charge in [0.25, 0.3) is 0 Å². The first-order chi connectivity index (χ1) is 13.6. The summed E-state index contributed by atoms with van der Waals surface area (Å²) in [5.74, 6) is 1.67. The molecule has 2 aromatic rings. The molecule has 6 nitrogen and oxygen atoms in total. The zero-order chi connectivity index (χ0) is 19.9. The molecular formula is C22H30IN3O3. The SMILES string of the molecule is CCNC(=NCc1ccc2cc(OC)ccc2c1)N1CCC(C(=O)OC)CC1.I. The molecule has 1 fully saturated rings. The number of carbonyl (C=O) groups is 1.